The zero-order valence-electron chi connectivity index (χ0n) is 19.1. The van der Waals surface area contributed by atoms with E-state index in [0.717, 1.165) is 17.1 Å². The second kappa shape index (κ2) is 10.2. The third-order valence-electron chi connectivity index (χ3n) is 6.11. The number of halogens is 2. The quantitative estimate of drug-likeness (QED) is 0.342. The lowest BCUT2D eigenvalue weighted by Crippen LogP contribution is -2.33. The third kappa shape index (κ3) is 4.83. The lowest BCUT2D eigenvalue weighted by molar-refractivity contribution is -0.116. The fourth-order valence-corrected chi connectivity index (χ4v) is 4.77. The molecule has 0 bridgehead atoms. The van der Waals surface area contributed by atoms with E-state index in [9.17, 15) is 13.6 Å². The number of benzene rings is 2. The number of carbonyl (C=O) groups excluding carboxylic acids is 1. The maximum atomic E-state index is 14.0. The van der Waals surface area contributed by atoms with Crippen LogP contribution in [-0.2, 0) is 4.79 Å². The highest BCUT2D eigenvalue weighted by atomic mass is 32.1. The minimum absolute atomic E-state index is 0.0961. The van der Waals surface area contributed by atoms with E-state index in [0.29, 0.717) is 11.7 Å². The molecule has 9 heteroatoms. The van der Waals surface area contributed by atoms with Crippen LogP contribution in [0.15, 0.2) is 91.3 Å². The Morgan fingerprint density at radius 3 is 2.53 bits per heavy atom. The van der Waals surface area contributed by atoms with Crippen molar-refractivity contribution in [3.05, 3.63) is 114 Å². The first-order valence-corrected chi connectivity index (χ1v) is 11.9. The Labute approximate surface area is 212 Å². The van der Waals surface area contributed by atoms with Gasteiger partial charge in [-0.3, -0.25) is 9.78 Å². The molecule has 3 heterocycles. The molecule has 2 N–H and O–H groups in total. The summed E-state index contributed by atoms with van der Waals surface area (Å²) >= 11 is 5.68. The van der Waals surface area contributed by atoms with Crippen LogP contribution in [0, 0.1) is 11.6 Å². The summed E-state index contributed by atoms with van der Waals surface area (Å²) in [5.74, 6) is -1.13. The summed E-state index contributed by atoms with van der Waals surface area (Å²) in [7, 11) is 0. The molecule has 2 aromatic carbocycles. The van der Waals surface area contributed by atoms with Gasteiger partial charge in [-0.2, -0.15) is 0 Å². The van der Waals surface area contributed by atoms with E-state index in [1.807, 2.05) is 46.0 Å². The molecule has 0 radical (unpaired) electrons. The van der Waals surface area contributed by atoms with Crippen molar-refractivity contribution in [1.29, 1.82) is 0 Å². The number of hydrogen-bond acceptors (Lipinski definition) is 3. The first kappa shape index (κ1) is 23.6. The van der Waals surface area contributed by atoms with Crippen LogP contribution in [0.3, 0.4) is 0 Å². The van der Waals surface area contributed by atoms with Crippen molar-refractivity contribution in [2.75, 3.05) is 11.9 Å². The maximum Gasteiger partial charge on any atom is 0.226 e. The van der Waals surface area contributed by atoms with Gasteiger partial charge in [0.05, 0.1) is 23.5 Å². The normalized spacial score (nSPS) is 17.2. The number of amides is 1. The van der Waals surface area contributed by atoms with Gasteiger partial charge in [0.1, 0.15) is 11.6 Å². The Bertz CT molecular complexity index is 1380. The van der Waals surface area contributed by atoms with Crippen molar-refractivity contribution in [2.24, 2.45) is 0 Å². The molecule has 0 aliphatic carbocycles. The molecule has 0 unspecified atom stereocenters. The summed E-state index contributed by atoms with van der Waals surface area (Å²) in [6, 6.07) is 21.3. The first-order valence-electron chi connectivity index (χ1n) is 11.5. The van der Waals surface area contributed by atoms with Gasteiger partial charge in [0.2, 0.25) is 5.91 Å². The van der Waals surface area contributed by atoms with Gasteiger partial charge in [-0.15, -0.1) is 0 Å². The predicted molar refractivity (Wildman–Crippen MR) is 138 cm³/mol. The first-order chi connectivity index (χ1) is 17.5. The topological polar surface area (TPSA) is 62.2 Å². The number of rotatable bonds is 7. The standard InChI is InChI=1S/C27H23F2N5OS/c28-18-10-12-19(13-11-18)33-16-5-9-23(33)26-25(22-8-3-4-15-30-22)32-27(36)34(26)17-14-24(35)31-21-7-2-1-6-20(21)29/h1-13,15-16,25-26H,14,17H2,(H,31,35)(H,32,36)/t25-,26+/m1/s1. The van der Waals surface area contributed by atoms with Gasteiger partial charge in [-0.25, -0.2) is 8.78 Å². The fourth-order valence-electron chi connectivity index (χ4n) is 4.44. The molecule has 1 saturated heterocycles. The number of para-hydroxylation sites is 1. The lowest BCUT2D eigenvalue weighted by atomic mass is 10.0. The average molecular weight is 504 g/mol. The highest BCUT2D eigenvalue weighted by Crippen LogP contribution is 2.39. The molecule has 2 atom stereocenters. The number of aromatic nitrogens is 2. The highest BCUT2D eigenvalue weighted by Gasteiger charge is 2.41. The Hall–Kier alpha value is -4.11. The van der Waals surface area contributed by atoms with Crippen LogP contribution in [0.2, 0.25) is 0 Å². The number of pyridine rings is 1. The molecule has 182 valence electrons. The number of anilines is 1. The van der Waals surface area contributed by atoms with Crippen LogP contribution in [0.5, 0.6) is 0 Å². The Morgan fingerprint density at radius 1 is 1.00 bits per heavy atom. The Kier molecular flexibility index (Phi) is 6.73. The molecular formula is C27H23F2N5OS. The van der Waals surface area contributed by atoms with Crippen molar-refractivity contribution in [2.45, 2.75) is 18.5 Å². The molecule has 1 amide bonds. The van der Waals surface area contributed by atoms with E-state index >= 15 is 0 Å². The lowest BCUT2D eigenvalue weighted by Gasteiger charge is -2.28. The molecule has 36 heavy (non-hydrogen) atoms. The smallest absolute Gasteiger partial charge is 0.226 e. The second-order valence-corrected chi connectivity index (χ2v) is 8.76. The molecule has 1 aliphatic heterocycles. The minimum Gasteiger partial charge on any atom is -0.352 e. The Morgan fingerprint density at radius 2 is 1.78 bits per heavy atom. The van der Waals surface area contributed by atoms with Crippen LogP contribution >= 0.6 is 12.2 Å². The van der Waals surface area contributed by atoms with E-state index in [1.165, 1.54) is 24.3 Å². The van der Waals surface area contributed by atoms with E-state index in [1.54, 1.807) is 30.5 Å². The van der Waals surface area contributed by atoms with Gasteiger partial charge >= 0.3 is 0 Å². The molecule has 6 nitrogen and oxygen atoms in total. The number of carbonyl (C=O) groups is 1. The average Bonchev–Trinajstić information content (AvgIpc) is 3.49. The minimum atomic E-state index is -0.491. The van der Waals surface area contributed by atoms with Crippen molar-refractivity contribution >= 4 is 28.9 Å². The molecule has 0 saturated carbocycles. The van der Waals surface area contributed by atoms with Crippen LogP contribution in [0.4, 0.5) is 14.5 Å². The molecular weight excluding hydrogens is 480 g/mol. The SMILES string of the molecule is O=C(CCN1C(=S)N[C@H](c2ccccn2)[C@@H]1c1cccn1-c1ccc(F)cc1)Nc1ccccc1F. The van der Waals surface area contributed by atoms with E-state index in [4.69, 9.17) is 12.2 Å². The van der Waals surface area contributed by atoms with E-state index in [-0.39, 0.29) is 35.9 Å². The summed E-state index contributed by atoms with van der Waals surface area (Å²) < 4.78 is 29.5. The van der Waals surface area contributed by atoms with Gasteiger partial charge in [0.25, 0.3) is 0 Å². The van der Waals surface area contributed by atoms with E-state index < -0.39 is 5.82 Å². The van der Waals surface area contributed by atoms with Crippen molar-refractivity contribution < 1.29 is 13.6 Å². The largest absolute Gasteiger partial charge is 0.352 e. The summed E-state index contributed by atoms with van der Waals surface area (Å²) in [6.45, 7) is 0.300. The number of nitrogens with zero attached hydrogens (tertiary/aromatic N) is 3. The van der Waals surface area contributed by atoms with Crippen molar-refractivity contribution in [3.63, 3.8) is 0 Å². The number of thiocarbonyl (C=S) groups is 1. The van der Waals surface area contributed by atoms with Gasteiger partial charge in [0, 0.05) is 36.7 Å². The van der Waals surface area contributed by atoms with Crippen molar-refractivity contribution in [3.8, 4) is 5.69 Å². The molecule has 4 aromatic rings. The number of hydrogen-bond donors (Lipinski definition) is 2. The van der Waals surface area contributed by atoms with Gasteiger partial charge < -0.3 is 20.1 Å². The fraction of sp³-hybridized carbons (Fsp3) is 0.148. The molecule has 1 fully saturated rings. The molecule has 2 aromatic heterocycles. The van der Waals surface area contributed by atoms with E-state index in [2.05, 4.69) is 15.6 Å². The summed E-state index contributed by atoms with van der Waals surface area (Å²) in [5.41, 5.74) is 2.64. The van der Waals surface area contributed by atoms with Crippen LogP contribution in [0.25, 0.3) is 5.69 Å². The van der Waals surface area contributed by atoms with Crippen LogP contribution in [0.1, 0.15) is 29.9 Å². The maximum absolute atomic E-state index is 14.0. The van der Waals surface area contributed by atoms with Crippen LogP contribution in [-0.4, -0.2) is 32.0 Å². The third-order valence-corrected chi connectivity index (χ3v) is 6.47. The molecule has 1 aliphatic rings. The zero-order chi connectivity index (χ0) is 25.1. The summed E-state index contributed by atoms with van der Waals surface area (Å²) in [5, 5.41) is 6.47. The zero-order valence-corrected chi connectivity index (χ0v) is 20.0. The van der Waals surface area contributed by atoms with Gasteiger partial charge in [-0.05, 0) is 72.9 Å². The monoisotopic (exact) mass is 503 g/mol. The van der Waals surface area contributed by atoms with Gasteiger partial charge in [-0.1, -0.05) is 18.2 Å². The summed E-state index contributed by atoms with van der Waals surface area (Å²) in [4.78, 5) is 19.2. The molecule has 0 spiro atoms. The number of nitrogens with one attached hydrogen (secondary N) is 2. The predicted octanol–water partition coefficient (Wildman–Crippen LogP) is 5.15. The molecule has 5 rings (SSSR count). The van der Waals surface area contributed by atoms with Crippen LogP contribution < -0.4 is 10.6 Å². The van der Waals surface area contributed by atoms with Crippen molar-refractivity contribution in [1.82, 2.24) is 19.8 Å². The second-order valence-electron chi connectivity index (χ2n) is 8.38. The highest BCUT2D eigenvalue weighted by molar-refractivity contribution is 7.80. The van der Waals surface area contributed by atoms with Gasteiger partial charge in [0.15, 0.2) is 5.11 Å². The summed E-state index contributed by atoms with van der Waals surface area (Å²) in [6.07, 6.45) is 3.72. The Balaban J connectivity index is 1.44.